The van der Waals surface area contributed by atoms with E-state index in [4.69, 9.17) is 4.74 Å². The molecule has 0 saturated carbocycles. The second-order valence-electron chi connectivity index (χ2n) is 8.71. The zero-order valence-corrected chi connectivity index (χ0v) is 18.4. The highest BCUT2D eigenvalue weighted by Gasteiger charge is 2.26. The molecule has 0 bridgehead atoms. The van der Waals surface area contributed by atoms with Crippen LogP contribution in [0.3, 0.4) is 0 Å². The number of piperazine rings is 1. The summed E-state index contributed by atoms with van der Waals surface area (Å²) in [5, 5.41) is 2.66. The fourth-order valence-electron chi connectivity index (χ4n) is 3.04. The van der Waals surface area contributed by atoms with Gasteiger partial charge in [0.05, 0.1) is 12.4 Å². The molecule has 0 radical (unpaired) electrons. The number of nitrogens with zero attached hydrogens (tertiary/aromatic N) is 6. The Morgan fingerprint density at radius 1 is 1.03 bits per heavy atom. The van der Waals surface area contributed by atoms with Crippen molar-refractivity contribution >= 4 is 17.8 Å². The molecule has 2 aromatic heterocycles. The van der Waals surface area contributed by atoms with Crippen LogP contribution in [0.4, 0.5) is 11.9 Å². The first-order valence-electron chi connectivity index (χ1n) is 10.3. The lowest BCUT2D eigenvalue weighted by molar-refractivity contribution is -0.118. The lowest BCUT2D eigenvalue weighted by Crippen LogP contribution is -2.53. The average molecular weight is 414 g/mol. The third kappa shape index (κ3) is 5.85. The topological polar surface area (TPSA) is 96.4 Å². The molecule has 0 aromatic carbocycles. The highest BCUT2D eigenvalue weighted by Crippen LogP contribution is 2.19. The number of hydrogen-bond acceptors (Lipinski definition) is 8. The van der Waals surface area contributed by atoms with Gasteiger partial charge in [-0.15, -0.1) is 0 Å². The summed E-state index contributed by atoms with van der Waals surface area (Å²) in [6.07, 6.45) is 6.65. The average Bonchev–Trinajstić information content (AvgIpc) is 2.73. The number of rotatable bonds is 6. The van der Waals surface area contributed by atoms with Gasteiger partial charge in [0.15, 0.2) is 5.75 Å². The summed E-state index contributed by atoms with van der Waals surface area (Å²) in [4.78, 5) is 33.6. The molecule has 1 aliphatic heterocycles. The minimum atomic E-state index is -0.123. The second-order valence-corrected chi connectivity index (χ2v) is 8.71. The zero-order valence-electron chi connectivity index (χ0n) is 18.4. The molecule has 3 rings (SSSR count). The summed E-state index contributed by atoms with van der Waals surface area (Å²) in [7, 11) is 0. The Morgan fingerprint density at radius 2 is 1.63 bits per heavy atom. The molecule has 0 atom stereocenters. The maximum absolute atomic E-state index is 11.7. The van der Waals surface area contributed by atoms with Crippen LogP contribution in [0.5, 0.6) is 5.75 Å². The van der Waals surface area contributed by atoms with Gasteiger partial charge in [-0.05, 0) is 20.8 Å². The number of ether oxygens (including phenoxy) is 1. The van der Waals surface area contributed by atoms with E-state index in [0.29, 0.717) is 12.4 Å². The SMILES string of the molecule is CC(C)C(=O)Nc1ncc(COc2cnc(N3CCN(C(C)(C)C)CC3)nc2)cn1. The van der Waals surface area contributed by atoms with Gasteiger partial charge < -0.3 is 9.64 Å². The maximum Gasteiger partial charge on any atom is 0.229 e. The van der Waals surface area contributed by atoms with Gasteiger partial charge in [-0.3, -0.25) is 15.0 Å². The molecule has 1 aliphatic rings. The number of carbonyl (C=O) groups excluding carboxylic acids is 1. The van der Waals surface area contributed by atoms with Crippen molar-refractivity contribution in [2.24, 2.45) is 5.92 Å². The third-order valence-corrected chi connectivity index (χ3v) is 5.00. The maximum atomic E-state index is 11.7. The first-order valence-corrected chi connectivity index (χ1v) is 10.3. The largest absolute Gasteiger partial charge is 0.486 e. The molecule has 162 valence electrons. The zero-order chi connectivity index (χ0) is 21.7. The van der Waals surface area contributed by atoms with Gasteiger partial charge in [0.2, 0.25) is 17.8 Å². The van der Waals surface area contributed by atoms with E-state index in [9.17, 15) is 4.79 Å². The van der Waals surface area contributed by atoms with Crippen molar-refractivity contribution in [2.45, 2.75) is 46.8 Å². The van der Waals surface area contributed by atoms with Crippen LogP contribution in [0.25, 0.3) is 0 Å². The predicted molar refractivity (Wildman–Crippen MR) is 115 cm³/mol. The summed E-state index contributed by atoms with van der Waals surface area (Å²) in [5.41, 5.74) is 0.979. The van der Waals surface area contributed by atoms with Gasteiger partial charge in [0.25, 0.3) is 0 Å². The van der Waals surface area contributed by atoms with Crippen LogP contribution >= 0.6 is 0 Å². The monoisotopic (exact) mass is 413 g/mol. The Kier molecular flexibility index (Phi) is 6.81. The molecule has 1 N–H and O–H groups in total. The Morgan fingerprint density at radius 3 is 2.17 bits per heavy atom. The standard InChI is InChI=1S/C21H31N7O2/c1-15(2)18(29)26-19-22-10-16(11-23-19)14-30-17-12-24-20(25-13-17)27-6-8-28(9-7-27)21(3,4)5/h10-13,15H,6-9,14H2,1-5H3,(H,22,23,26,29). The van der Waals surface area contributed by atoms with E-state index in [1.54, 1.807) is 24.8 Å². The number of aromatic nitrogens is 4. The fraction of sp³-hybridized carbons (Fsp3) is 0.571. The number of carbonyl (C=O) groups is 1. The minimum absolute atomic E-state index is 0.115. The molecule has 2 aromatic rings. The van der Waals surface area contributed by atoms with Crippen molar-refractivity contribution in [1.29, 1.82) is 0 Å². The fourth-order valence-corrected chi connectivity index (χ4v) is 3.04. The van der Waals surface area contributed by atoms with Crippen molar-refractivity contribution in [3.8, 4) is 5.75 Å². The number of nitrogens with one attached hydrogen (secondary N) is 1. The van der Waals surface area contributed by atoms with E-state index in [0.717, 1.165) is 37.7 Å². The lowest BCUT2D eigenvalue weighted by Gasteiger charge is -2.42. The Hall–Kier alpha value is -2.81. The summed E-state index contributed by atoms with van der Waals surface area (Å²) in [6.45, 7) is 14.5. The molecule has 1 saturated heterocycles. The molecule has 1 fully saturated rings. The third-order valence-electron chi connectivity index (χ3n) is 5.00. The highest BCUT2D eigenvalue weighted by molar-refractivity contribution is 5.90. The van der Waals surface area contributed by atoms with Crippen molar-refractivity contribution in [3.63, 3.8) is 0 Å². The molecule has 30 heavy (non-hydrogen) atoms. The molecule has 9 nitrogen and oxygen atoms in total. The minimum Gasteiger partial charge on any atom is -0.486 e. The van der Waals surface area contributed by atoms with Crippen molar-refractivity contribution in [1.82, 2.24) is 24.8 Å². The Bertz CT molecular complexity index is 824. The normalized spacial score (nSPS) is 15.3. The predicted octanol–water partition coefficient (Wildman–Crippen LogP) is 2.36. The highest BCUT2D eigenvalue weighted by atomic mass is 16.5. The molecule has 3 heterocycles. The first kappa shape index (κ1) is 21.9. The van der Waals surface area contributed by atoms with Crippen LogP contribution in [0.2, 0.25) is 0 Å². The lowest BCUT2D eigenvalue weighted by atomic mass is 10.1. The van der Waals surface area contributed by atoms with Crippen LogP contribution in [0.15, 0.2) is 24.8 Å². The summed E-state index contributed by atoms with van der Waals surface area (Å²) in [5.74, 6) is 1.36. The van der Waals surface area contributed by atoms with Crippen molar-refractivity contribution in [3.05, 3.63) is 30.4 Å². The van der Waals surface area contributed by atoms with Crippen LogP contribution in [0, 0.1) is 5.92 Å². The van der Waals surface area contributed by atoms with Gasteiger partial charge in [-0.1, -0.05) is 13.8 Å². The van der Waals surface area contributed by atoms with Gasteiger partial charge in [0.1, 0.15) is 6.61 Å². The van der Waals surface area contributed by atoms with E-state index >= 15 is 0 Å². The van der Waals surface area contributed by atoms with E-state index < -0.39 is 0 Å². The van der Waals surface area contributed by atoms with Gasteiger partial charge in [0, 0.05) is 55.6 Å². The van der Waals surface area contributed by atoms with Crippen molar-refractivity contribution < 1.29 is 9.53 Å². The summed E-state index contributed by atoms with van der Waals surface area (Å²) in [6, 6.07) is 0. The van der Waals surface area contributed by atoms with E-state index in [1.165, 1.54) is 0 Å². The molecular weight excluding hydrogens is 382 g/mol. The molecule has 0 aliphatic carbocycles. The number of amides is 1. The van der Waals surface area contributed by atoms with Crippen LogP contribution < -0.4 is 15.0 Å². The van der Waals surface area contributed by atoms with Crippen LogP contribution in [0.1, 0.15) is 40.2 Å². The van der Waals surface area contributed by atoms with Crippen LogP contribution in [-0.4, -0.2) is 62.5 Å². The quantitative estimate of drug-likeness (QED) is 0.771. The van der Waals surface area contributed by atoms with Gasteiger partial charge in [-0.2, -0.15) is 0 Å². The molecule has 1 amide bonds. The smallest absolute Gasteiger partial charge is 0.229 e. The van der Waals surface area contributed by atoms with Gasteiger partial charge >= 0.3 is 0 Å². The Balaban J connectivity index is 1.49. The molecular formula is C21H31N7O2. The van der Waals surface area contributed by atoms with Crippen molar-refractivity contribution in [2.75, 3.05) is 36.4 Å². The molecule has 0 unspecified atom stereocenters. The van der Waals surface area contributed by atoms with E-state index in [1.807, 2.05) is 13.8 Å². The molecule has 9 heteroatoms. The molecule has 0 spiro atoms. The summed E-state index contributed by atoms with van der Waals surface area (Å²) >= 11 is 0. The number of anilines is 2. The van der Waals surface area contributed by atoms with Crippen LogP contribution in [-0.2, 0) is 11.4 Å². The summed E-state index contributed by atoms with van der Waals surface area (Å²) < 4.78 is 5.74. The number of hydrogen-bond donors (Lipinski definition) is 1. The first-order chi connectivity index (χ1) is 14.2. The van der Waals surface area contributed by atoms with E-state index in [-0.39, 0.29) is 23.3 Å². The second kappa shape index (κ2) is 9.34. The van der Waals surface area contributed by atoms with E-state index in [2.05, 4.69) is 55.8 Å². The van der Waals surface area contributed by atoms with Gasteiger partial charge in [-0.25, -0.2) is 19.9 Å². The Labute approximate surface area is 177 Å².